The second-order valence-electron chi connectivity index (χ2n) is 4.17. The van der Waals surface area contributed by atoms with Crippen LogP contribution in [-0.2, 0) is 4.79 Å². The average molecular weight is 232 g/mol. The minimum Gasteiger partial charge on any atom is -0.309 e. The molecule has 0 N–H and O–H groups in total. The van der Waals surface area contributed by atoms with Crippen LogP contribution < -0.4 is 0 Å². The minimum absolute atomic E-state index is 0.685. The number of carbonyl (C=O) groups is 1. The van der Waals surface area contributed by atoms with Gasteiger partial charge in [0.1, 0.15) is 6.29 Å². The monoisotopic (exact) mass is 232 g/mol. The number of nitrogens with zero attached hydrogens (tertiary/aromatic N) is 2. The third kappa shape index (κ3) is 29.2. The SMILES string of the molecule is CC.CC(C)N(C)C.CN(C)CCCC=O. The van der Waals surface area contributed by atoms with Gasteiger partial charge in [0.05, 0.1) is 0 Å². The fourth-order valence-corrected chi connectivity index (χ4v) is 0.491. The zero-order valence-electron chi connectivity index (χ0n) is 12.6. The van der Waals surface area contributed by atoms with Crippen molar-refractivity contribution < 1.29 is 4.79 Å². The van der Waals surface area contributed by atoms with Crippen molar-refractivity contribution in [3.8, 4) is 0 Å². The second kappa shape index (κ2) is 17.0. The summed E-state index contributed by atoms with van der Waals surface area (Å²) < 4.78 is 0. The van der Waals surface area contributed by atoms with Crippen molar-refractivity contribution in [1.29, 1.82) is 0 Å². The van der Waals surface area contributed by atoms with Crippen LogP contribution in [0.1, 0.15) is 40.5 Å². The molecule has 0 amide bonds. The zero-order valence-corrected chi connectivity index (χ0v) is 12.6. The number of rotatable bonds is 5. The number of aldehydes is 1. The van der Waals surface area contributed by atoms with E-state index >= 15 is 0 Å². The molecule has 0 aliphatic carbocycles. The first-order valence-electron chi connectivity index (χ1n) is 6.16. The molecule has 3 nitrogen and oxygen atoms in total. The van der Waals surface area contributed by atoms with Crippen LogP contribution >= 0.6 is 0 Å². The van der Waals surface area contributed by atoms with E-state index in [1.807, 2.05) is 27.9 Å². The highest BCUT2D eigenvalue weighted by atomic mass is 16.1. The van der Waals surface area contributed by atoms with E-state index in [2.05, 4.69) is 37.7 Å². The predicted octanol–water partition coefficient (Wildman–Crippen LogP) is 2.51. The van der Waals surface area contributed by atoms with Crippen molar-refractivity contribution in [2.75, 3.05) is 34.7 Å². The van der Waals surface area contributed by atoms with Crippen LogP contribution in [0.2, 0.25) is 0 Å². The molecule has 0 radical (unpaired) electrons. The van der Waals surface area contributed by atoms with E-state index in [0.29, 0.717) is 12.5 Å². The Morgan fingerprint density at radius 2 is 1.44 bits per heavy atom. The predicted molar refractivity (Wildman–Crippen MR) is 74.0 cm³/mol. The first-order valence-corrected chi connectivity index (χ1v) is 6.16. The number of carbonyl (C=O) groups excluding carboxylic acids is 1. The molecule has 16 heavy (non-hydrogen) atoms. The van der Waals surface area contributed by atoms with Gasteiger partial charge in [-0.15, -0.1) is 0 Å². The maximum absolute atomic E-state index is 9.77. The minimum atomic E-state index is 0.685. The van der Waals surface area contributed by atoms with E-state index < -0.39 is 0 Å². The van der Waals surface area contributed by atoms with Crippen molar-refractivity contribution in [3.05, 3.63) is 0 Å². The van der Waals surface area contributed by atoms with Gasteiger partial charge in [0, 0.05) is 12.5 Å². The molecule has 0 heterocycles. The van der Waals surface area contributed by atoms with Gasteiger partial charge in [0.15, 0.2) is 0 Å². The molecule has 0 unspecified atom stereocenters. The Morgan fingerprint density at radius 3 is 1.62 bits per heavy atom. The lowest BCUT2D eigenvalue weighted by Gasteiger charge is -2.12. The van der Waals surface area contributed by atoms with Crippen molar-refractivity contribution >= 4 is 6.29 Å². The van der Waals surface area contributed by atoms with E-state index in [0.717, 1.165) is 19.3 Å². The molecule has 0 aliphatic heterocycles. The molecule has 0 saturated heterocycles. The molecule has 100 valence electrons. The Hall–Kier alpha value is -0.410. The molecule has 0 aliphatic rings. The number of unbranched alkanes of at least 4 members (excludes halogenated alkanes) is 1. The Balaban J connectivity index is -0.000000188. The van der Waals surface area contributed by atoms with Gasteiger partial charge in [0.2, 0.25) is 0 Å². The van der Waals surface area contributed by atoms with Crippen molar-refractivity contribution in [3.63, 3.8) is 0 Å². The molecular formula is C13H32N2O. The summed E-state index contributed by atoms with van der Waals surface area (Å²) in [7, 11) is 8.16. The Labute approximate surface area is 103 Å². The van der Waals surface area contributed by atoms with Gasteiger partial charge >= 0.3 is 0 Å². The maximum Gasteiger partial charge on any atom is 0.120 e. The van der Waals surface area contributed by atoms with Crippen LogP contribution in [0.5, 0.6) is 0 Å². The van der Waals surface area contributed by atoms with Gasteiger partial charge < -0.3 is 14.6 Å². The average Bonchev–Trinajstić information content (AvgIpc) is 2.21. The Kier molecular flexibility index (Phi) is 22.2. The topological polar surface area (TPSA) is 23.6 Å². The van der Waals surface area contributed by atoms with Crippen LogP contribution in [0.15, 0.2) is 0 Å². The lowest BCUT2D eigenvalue weighted by Crippen LogP contribution is -2.20. The van der Waals surface area contributed by atoms with E-state index in [1.165, 1.54) is 0 Å². The largest absolute Gasteiger partial charge is 0.309 e. The third-order valence-electron chi connectivity index (χ3n) is 1.96. The van der Waals surface area contributed by atoms with Crippen LogP contribution in [0.4, 0.5) is 0 Å². The molecular weight excluding hydrogens is 200 g/mol. The lowest BCUT2D eigenvalue weighted by atomic mass is 10.3. The summed E-state index contributed by atoms with van der Waals surface area (Å²) >= 11 is 0. The van der Waals surface area contributed by atoms with Gasteiger partial charge in [-0.25, -0.2) is 0 Å². The van der Waals surface area contributed by atoms with Crippen LogP contribution in [0, 0.1) is 0 Å². The van der Waals surface area contributed by atoms with E-state index in [4.69, 9.17) is 0 Å². The van der Waals surface area contributed by atoms with E-state index in [-0.39, 0.29) is 0 Å². The molecule has 0 rings (SSSR count). The molecule has 0 saturated carbocycles. The Bertz CT molecular complexity index is 117. The second-order valence-corrected chi connectivity index (χ2v) is 4.17. The number of hydrogen-bond acceptors (Lipinski definition) is 3. The highest BCUT2D eigenvalue weighted by Crippen LogP contribution is 1.85. The quantitative estimate of drug-likeness (QED) is 0.537. The first kappa shape index (κ1) is 20.9. The highest BCUT2D eigenvalue weighted by Gasteiger charge is 1.90. The molecule has 0 spiro atoms. The van der Waals surface area contributed by atoms with Gasteiger partial charge in [-0.2, -0.15) is 0 Å². The van der Waals surface area contributed by atoms with Crippen molar-refractivity contribution in [2.45, 2.75) is 46.6 Å². The lowest BCUT2D eigenvalue weighted by molar-refractivity contribution is -0.107. The molecule has 0 fully saturated rings. The summed E-state index contributed by atoms with van der Waals surface area (Å²) in [6, 6.07) is 0.685. The molecule has 3 heteroatoms. The van der Waals surface area contributed by atoms with Crippen LogP contribution in [0.25, 0.3) is 0 Å². The number of hydrogen-bond donors (Lipinski definition) is 0. The van der Waals surface area contributed by atoms with Crippen LogP contribution in [0.3, 0.4) is 0 Å². The fraction of sp³-hybridized carbons (Fsp3) is 0.923. The molecule has 0 bridgehead atoms. The van der Waals surface area contributed by atoms with Crippen molar-refractivity contribution in [2.24, 2.45) is 0 Å². The summed E-state index contributed by atoms with van der Waals surface area (Å²) in [6.45, 7) is 9.35. The molecule has 0 atom stereocenters. The molecule has 0 aromatic carbocycles. The summed E-state index contributed by atoms with van der Waals surface area (Å²) in [4.78, 5) is 14.0. The highest BCUT2D eigenvalue weighted by molar-refractivity contribution is 5.48. The van der Waals surface area contributed by atoms with Crippen molar-refractivity contribution in [1.82, 2.24) is 9.80 Å². The first-order chi connectivity index (χ1) is 7.41. The van der Waals surface area contributed by atoms with Crippen LogP contribution in [-0.4, -0.2) is 56.9 Å². The van der Waals surface area contributed by atoms with Gasteiger partial charge in [-0.3, -0.25) is 0 Å². The normalized spacial score (nSPS) is 9.44. The Morgan fingerprint density at radius 1 is 1.06 bits per heavy atom. The third-order valence-corrected chi connectivity index (χ3v) is 1.96. The summed E-state index contributed by atoms with van der Waals surface area (Å²) in [5, 5.41) is 0. The molecule has 0 aromatic heterocycles. The summed E-state index contributed by atoms with van der Waals surface area (Å²) in [5.41, 5.74) is 0. The molecule has 0 aromatic rings. The smallest absolute Gasteiger partial charge is 0.120 e. The zero-order chi connectivity index (χ0) is 13.6. The standard InChI is InChI=1S/C6H13NO.C5H13N.C2H6/c1-7(2)5-3-4-6-8;1-5(2)6(3)4;1-2/h6H,3-5H2,1-2H3;5H,1-4H3;1-2H3. The van der Waals surface area contributed by atoms with Gasteiger partial charge in [0.25, 0.3) is 0 Å². The summed E-state index contributed by atoms with van der Waals surface area (Å²) in [6.07, 6.45) is 2.64. The summed E-state index contributed by atoms with van der Waals surface area (Å²) in [5.74, 6) is 0. The fourth-order valence-electron chi connectivity index (χ4n) is 0.491. The maximum atomic E-state index is 9.77. The van der Waals surface area contributed by atoms with Gasteiger partial charge in [-0.05, 0) is 55.0 Å². The van der Waals surface area contributed by atoms with E-state index in [9.17, 15) is 4.79 Å². The van der Waals surface area contributed by atoms with E-state index in [1.54, 1.807) is 0 Å². The van der Waals surface area contributed by atoms with Gasteiger partial charge in [-0.1, -0.05) is 13.8 Å².